The van der Waals surface area contributed by atoms with Crippen molar-refractivity contribution in [3.63, 3.8) is 0 Å². The Morgan fingerprint density at radius 2 is 1.88 bits per heavy atom. The molecule has 0 unspecified atom stereocenters. The van der Waals surface area contributed by atoms with E-state index in [9.17, 15) is 33.2 Å². The Kier molecular flexibility index (Phi) is 3.08. The number of halogens is 3. The zero-order valence-electron chi connectivity index (χ0n) is 8.37. The van der Waals surface area contributed by atoms with E-state index in [4.69, 9.17) is 0 Å². The molecule has 0 radical (unpaired) electrons. The van der Waals surface area contributed by atoms with Crippen LogP contribution in [-0.2, 0) is 6.18 Å². The number of alkyl halides is 3. The van der Waals surface area contributed by atoms with Crippen LogP contribution in [0.3, 0.4) is 0 Å². The van der Waals surface area contributed by atoms with Gasteiger partial charge in [0.15, 0.2) is 0 Å². The Morgan fingerprint density at radius 1 is 1.35 bits per heavy atom. The quantitative estimate of drug-likeness (QED) is 0.583. The fourth-order valence-corrected chi connectivity index (χ4v) is 1.39. The standard InChI is InChI=1S/C9H6F3NO4/c1-4-5(8(14)15)2-3-6(9(10,11)12)7(4)13(16)17/h2-3H,1H3,(H,14,15)/p-1. The maximum atomic E-state index is 12.5. The molecule has 0 N–H and O–H groups in total. The number of hydrogen-bond donors (Lipinski definition) is 0. The van der Waals surface area contributed by atoms with Gasteiger partial charge in [-0.05, 0) is 13.0 Å². The smallest absolute Gasteiger partial charge is 0.423 e. The lowest BCUT2D eigenvalue weighted by atomic mass is 10.0. The van der Waals surface area contributed by atoms with Crippen molar-refractivity contribution < 1.29 is 28.0 Å². The molecule has 5 nitrogen and oxygen atoms in total. The van der Waals surface area contributed by atoms with Crippen LogP contribution in [0, 0.1) is 17.0 Å². The summed E-state index contributed by atoms with van der Waals surface area (Å²) in [7, 11) is 0. The van der Waals surface area contributed by atoms with Crippen molar-refractivity contribution in [3.05, 3.63) is 38.9 Å². The number of nitro benzene ring substituents is 1. The van der Waals surface area contributed by atoms with Crippen LogP contribution in [0.2, 0.25) is 0 Å². The van der Waals surface area contributed by atoms with Gasteiger partial charge in [0.05, 0.1) is 10.9 Å². The lowest BCUT2D eigenvalue weighted by molar-refractivity contribution is -0.388. The van der Waals surface area contributed by atoms with Crippen LogP contribution in [0.1, 0.15) is 21.5 Å². The summed E-state index contributed by atoms with van der Waals surface area (Å²) in [4.78, 5) is 19.8. The Morgan fingerprint density at radius 3 is 2.24 bits per heavy atom. The predicted molar refractivity (Wildman–Crippen MR) is 47.2 cm³/mol. The number of carbonyl (C=O) groups is 1. The van der Waals surface area contributed by atoms with E-state index in [2.05, 4.69) is 0 Å². The topological polar surface area (TPSA) is 83.3 Å². The second-order valence-electron chi connectivity index (χ2n) is 3.18. The fourth-order valence-electron chi connectivity index (χ4n) is 1.39. The van der Waals surface area contributed by atoms with Crippen molar-refractivity contribution in [2.24, 2.45) is 0 Å². The number of carbonyl (C=O) groups excluding carboxylic acids is 1. The van der Waals surface area contributed by atoms with E-state index in [-0.39, 0.29) is 0 Å². The van der Waals surface area contributed by atoms with Crippen LogP contribution in [0.15, 0.2) is 12.1 Å². The predicted octanol–water partition coefficient (Wildman–Crippen LogP) is 1.29. The van der Waals surface area contributed by atoms with E-state index >= 15 is 0 Å². The zero-order chi connectivity index (χ0) is 13.4. The molecule has 0 saturated carbocycles. The van der Waals surface area contributed by atoms with Gasteiger partial charge < -0.3 is 9.90 Å². The van der Waals surface area contributed by atoms with Gasteiger partial charge in [-0.2, -0.15) is 13.2 Å². The Hall–Kier alpha value is -2.12. The molecule has 1 aromatic rings. The van der Waals surface area contributed by atoms with Crippen molar-refractivity contribution in [1.82, 2.24) is 0 Å². The van der Waals surface area contributed by atoms with Gasteiger partial charge in [-0.25, -0.2) is 0 Å². The van der Waals surface area contributed by atoms with Crippen LogP contribution in [0.5, 0.6) is 0 Å². The highest BCUT2D eigenvalue weighted by Gasteiger charge is 2.39. The maximum absolute atomic E-state index is 12.5. The Labute approximate surface area is 92.6 Å². The van der Waals surface area contributed by atoms with Gasteiger partial charge in [-0.15, -0.1) is 0 Å². The number of rotatable bonds is 2. The molecule has 8 heteroatoms. The van der Waals surface area contributed by atoms with Crippen molar-refractivity contribution in [1.29, 1.82) is 0 Å². The molecule has 0 fully saturated rings. The van der Waals surface area contributed by atoms with E-state index in [1.807, 2.05) is 0 Å². The molecule has 0 aliphatic heterocycles. The average molecular weight is 248 g/mol. The van der Waals surface area contributed by atoms with Crippen LogP contribution < -0.4 is 5.11 Å². The highest BCUT2D eigenvalue weighted by molar-refractivity contribution is 5.89. The largest absolute Gasteiger partial charge is 0.545 e. The minimum atomic E-state index is -4.92. The first-order valence-electron chi connectivity index (χ1n) is 4.22. The molecule has 0 spiro atoms. The van der Waals surface area contributed by atoms with Gasteiger partial charge in [0.2, 0.25) is 0 Å². The summed E-state index contributed by atoms with van der Waals surface area (Å²) >= 11 is 0. The monoisotopic (exact) mass is 248 g/mol. The number of nitrogens with zero attached hydrogens (tertiary/aromatic N) is 1. The molecule has 0 aliphatic carbocycles. The van der Waals surface area contributed by atoms with Crippen molar-refractivity contribution in [2.75, 3.05) is 0 Å². The normalized spacial score (nSPS) is 11.3. The fraction of sp³-hybridized carbons (Fsp3) is 0.222. The molecule has 0 saturated heterocycles. The van der Waals surface area contributed by atoms with Gasteiger partial charge in [-0.3, -0.25) is 10.1 Å². The summed E-state index contributed by atoms with van der Waals surface area (Å²) in [6.45, 7) is 0.929. The summed E-state index contributed by atoms with van der Waals surface area (Å²) in [5.74, 6) is -1.76. The highest BCUT2D eigenvalue weighted by atomic mass is 19.4. The van der Waals surface area contributed by atoms with Gasteiger partial charge in [0.1, 0.15) is 5.56 Å². The van der Waals surface area contributed by atoms with Crippen LogP contribution >= 0.6 is 0 Å². The van der Waals surface area contributed by atoms with E-state index in [0.29, 0.717) is 12.1 Å². The molecule has 0 bridgehead atoms. The van der Waals surface area contributed by atoms with Crippen LogP contribution in [0.25, 0.3) is 0 Å². The van der Waals surface area contributed by atoms with E-state index in [1.54, 1.807) is 0 Å². The lowest BCUT2D eigenvalue weighted by Crippen LogP contribution is -2.24. The summed E-state index contributed by atoms with van der Waals surface area (Å²) < 4.78 is 37.4. The van der Waals surface area contributed by atoms with E-state index < -0.39 is 39.4 Å². The van der Waals surface area contributed by atoms with Gasteiger partial charge >= 0.3 is 6.18 Å². The molecular formula is C9H5F3NO4-. The first kappa shape index (κ1) is 12.9. The second kappa shape index (κ2) is 4.04. The summed E-state index contributed by atoms with van der Waals surface area (Å²) in [6, 6.07) is 0.997. The number of carboxylic acid groups (broad SMARTS) is 1. The van der Waals surface area contributed by atoms with Crippen molar-refractivity contribution in [3.8, 4) is 0 Å². The number of hydrogen-bond acceptors (Lipinski definition) is 4. The second-order valence-corrected chi connectivity index (χ2v) is 3.18. The Balaban J connectivity index is 3.63. The molecule has 17 heavy (non-hydrogen) atoms. The highest BCUT2D eigenvalue weighted by Crippen LogP contribution is 2.38. The summed E-state index contributed by atoms with van der Waals surface area (Å²) in [6.07, 6.45) is -4.92. The van der Waals surface area contributed by atoms with E-state index in [1.165, 1.54) is 0 Å². The SMILES string of the molecule is Cc1c(C(=O)[O-])ccc(C(F)(F)F)c1[N+](=O)[O-]. The molecule has 0 heterocycles. The molecule has 0 atom stereocenters. The number of nitro groups is 1. The minimum Gasteiger partial charge on any atom is -0.545 e. The average Bonchev–Trinajstić information content (AvgIpc) is 2.14. The minimum absolute atomic E-state index is 0.357. The third kappa shape index (κ3) is 2.35. The number of benzene rings is 1. The molecule has 0 aromatic heterocycles. The van der Waals surface area contributed by atoms with Crippen molar-refractivity contribution in [2.45, 2.75) is 13.1 Å². The first-order valence-corrected chi connectivity index (χ1v) is 4.22. The summed E-state index contributed by atoms with van der Waals surface area (Å²) in [5.41, 5.74) is -3.96. The third-order valence-electron chi connectivity index (χ3n) is 2.14. The first-order chi connectivity index (χ1) is 7.66. The number of aromatic carboxylic acids is 1. The Bertz CT molecular complexity index is 496. The molecule has 0 aliphatic rings. The lowest BCUT2D eigenvalue weighted by Gasteiger charge is -2.12. The van der Waals surface area contributed by atoms with Gasteiger partial charge in [0.25, 0.3) is 5.69 Å². The molecular weight excluding hydrogens is 243 g/mol. The molecule has 1 rings (SSSR count). The molecule has 1 aromatic carbocycles. The molecule has 92 valence electrons. The third-order valence-corrected chi connectivity index (χ3v) is 2.14. The van der Waals surface area contributed by atoms with Crippen molar-refractivity contribution >= 4 is 11.7 Å². The van der Waals surface area contributed by atoms with Gasteiger partial charge in [-0.1, -0.05) is 6.07 Å². The zero-order valence-corrected chi connectivity index (χ0v) is 8.37. The van der Waals surface area contributed by atoms with Gasteiger partial charge in [0, 0.05) is 11.1 Å². The number of carboxylic acids is 1. The summed E-state index contributed by atoms with van der Waals surface area (Å²) in [5, 5.41) is 21.1. The maximum Gasteiger partial charge on any atom is 0.423 e. The molecule has 0 amide bonds. The van der Waals surface area contributed by atoms with Crippen LogP contribution in [0.4, 0.5) is 18.9 Å². The van der Waals surface area contributed by atoms with E-state index in [0.717, 1.165) is 6.92 Å². The van der Waals surface area contributed by atoms with Crippen LogP contribution in [-0.4, -0.2) is 10.9 Å².